The zero-order chi connectivity index (χ0) is 20.6. The van der Waals surface area contributed by atoms with Gasteiger partial charge >= 0.3 is 5.97 Å². The van der Waals surface area contributed by atoms with E-state index in [1.807, 2.05) is 0 Å². The van der Waals surface area contributed by atoms with Crippen molar-refractivity contribution in [3.8, 4) is 34.2 Å². The van der Waals surface area contributed by atoms with Crippen molar-refractivity contribution >= 4 is 11.8 Å². The van der Waals surface area contributed by atoms with Crippen LogP contribution in [0.4, 0.5) is 5.82 Å². The molecule has 2 aromatic heterocycles. The van der Waals surface area contributed by atoms with Crippen molar-refractivity contribution in [1.29, 1.82) is 5.26 Å². The summed E-state index contributed by atoms with van der Waals surface area (Å²) < 4.78 is 1.40. The zero-order valence-corrected chi connectivity index (χ0v) is 15.7. The first kappa shape index (κ1) is 18.9. The number of nitrogen functional groups attached to an aromatic ring is 1. The molecule has 28 heavy (non-hydrogen) atoms. The number of anilines is 1. The van der Waals surface area contributed by atoms with E-state index >= 15 is 0 Å². The molecule has 4 N–H and O–H groups in total. The number of rotatable bonds is 4. The predicted molar refractivity (Wildman–Crippen MR) is 104 cm³/mol. The molecular formula is C20H19N5O3. The largest absolute Gasteiger partial charge is 0.508 e. The second-order valence-corrected chi connectivity index (χ2v) is 6.53. The molecule has 0 radical (unpaired) electrons. The SMILES string of the molecule is Cc1cc(-c2cc(-c3c(C)nn(CC(=O)O)c3C)nc(N)c2C#N)ccc1O. The Labute approximate surface area is 161 Å². The Bertz CT molecular complexity index is 1140. The quantitative estimate of drug-likeness (QED) is 0.635. The molecule has 2 heterocycles. The van der Waals surface area contributed by atoms with Gasteiger partial charge in [0.2, 0.25) is 0 Å². The third-order valence-electron chi connectivity index (χ3n) is 4.59. The molecule has 3 aromatic rings. The Kier molecular flexibility index (Phi) is 4.76. The summed E-state index contributed by atoms with van der Waals surface area (Å²) in [6, 6.07) is 8.85. The van der Waals surface area contributed by atoms with Gasteiger partial charge in [-0.05, 0) is 50.1 Å². The van der Waals surface area contributed by atoms with Gasteiger partial charge in [-0.1, -0.05) is 6.07 Å². The maximum Gasteiger partial charge on any atom is 0.325 e. The van der Waals surface area contributed by atoms with Crippen molar-refractivity contribution in [1.82, 2.24) is 14.8 Å². The lowest BCUT2D eigenvalue weighted by Gasteiger charge is -2.12. The number of hydrogen-bond acceptors (Lipinski definition) is 6. The Hall–Kier alpha value is -3.86. The zero-order valence-electron chi connectivity index (χ0n) is 15.7. The minimum atomic E-state index is -0.996. The van der Waals surface area contributed by atoms with E-state index in [1.54, 1.807) is 45.0 Å². The molecule has 8 nitrogen and oxygen atoms in total. The minimum Gasteiger partial charge on any atom is -0.508 e. The Balaban J connectivity index is 2.24. The van der Waals surface area contributed by atoms with Crippen LogP contribution in [0.1, 0.15) is 22.5 Å². The second kappa shape index (κ2) is 7.04. The van der Waals surface area contributed by atoms with Crippen molar-refractivity contribution < 1.29 is 15.0 Å². The highest BCUT2D eigenvalue weighted by Gasteiger charge is 2.20. The van der Waals surface area contributed by atoms with Gasteiger partial charge in [-0.25, -0.2) is 4.98 Å². The van der Waals surface area contributed by atoms with Crippen molar-refractivity contribution in [3.63, 3.8) is 0 Å². The lowest BCUT2D eigenvalue weighted by atomic mass is 9.96. The van der Waals surface area contributed by atoms with Gasteiger partial charge in [0.15, 0.2) is 0 Å². The molecule has 0 unspecified atom stereocenters. The van der Waals surface area contributed by atoms with Gasteiger partial charge in [0.05, 0.1) is 11.4 Å². The van der Waals surface area contributed by atoms with Crippen LogP contribution in [0.3, 0.4) is 0 Å². The number of carbonyl (C=O) groups is 1. The number of nitriles is 1. The molecule has 0 bridgehead atoms. The fraction of sp³-hybridized carbons (Fsp3) is 0.200. The van der Waals surface area contributed by atoms with Crippen LogP contribution >= 0.6 is 0 Å². The van der Waals surface area contributed by atoms with Gasteiger partial charge in [-0.2, -0.15) is 10.4 Å². The number of nitrogens with two attached hydrogens (primary N) is 1. The number of carboxylic acid groups (broad SMARTS) is 1. The molecule has 0 fully saturated rings. The summed E-state index contributed by atoms with van der Waals surface area (Å²) >= 11 is 0. The molecule has 0 aliphatic carbocycles. The summed E-state index contributed by atoms with van der Waals surface area (Å²) in [6.45, 7) is 5.03. The number of pyridine rings is 1. The maximum absolute atomic E-state index is 11.1. The van der Waals surface area contributed by atoms with E-state index in [0.29, 0.717) is 33.8 Å². The number of aryl methyl sites for hydroxylation is 2. The van der Waals surface area contributed by atoms with Gasteiger partial charge in [0.25, 0.3) is 0 Å². The fourth-order valence-corrected chi connectivity index (χ4v) is 3.21. The molecule has 0 amide bonds. The van der Waals surface area contributed by atoms with Crippen LogP contribution in [0.2, 0.25) is 0 Å². The molecular weight excluding hydrogens is 358 g/mol. The Morgan fingerprint density at radius 3 is 2.61 bits per heavy atom. The molecule has 3 rings (SSSR count). The van der Waals surface area contributed by atoms with Crippen molar-refractivity contribution in [2.75, 3.05) is 5.73 Å². The normalized spacial score (nSPS) is 10.6. The first-order valence-electron chi connectivity index (χ1n) is 8.49. The van der Waals surface area contributed by atoms with Crippen LogP contribution in [0, 0.1) is 32.1 Å². The highest BCUT2D eigenvalue weighted by Crippen LogP contribution is 2.35. The molecule has 0 spiro atoms. The number of phenolic OH excluding ortho intramolecular Hbond substituents is 1. The molecule has 0 atom stereocenters. The van der Waals surface area contributed by atoms with Crippen LogP contribution in [0.5, 0.6) is 5.75 Å². The first-order chi connectivity index (χ1) is 13.2. The number of hydrogen-bond donors (Lipinski definition) is 3. The number of aliphatic carboxylic acids is 1. The summed E-state index contributed by atoms with van der Waals surface area (Å²) in [5.74, 6) is -0.763. The van der Waals surface area contributed by atoms with Crippen LogP contribution in [-0.2, 0) is 11.3 Å². The van der Waals surface area contributed by atoms with E-state index in [4.69, 9.17) is 10.8 Å². The van der Waals surface area contributed by atoms with E-state index in [0.717, 1.165) is 5.56 Å². The summed E-state index contributed by atoms with van der Waals surface area (Å²) in [6.07, 6.45) is 0. The summed E-state index contributed by atoms with van der Waals surface area (Å²) in [4.78, 5) is 15.4. The molecule has 8 heteroatoms. The van der Waals surface area contributed by atoms with E-state index in [1.165, 1.54) is 4.68 Å². The van der Waals surface area contributed by atoms with E-state index in [9.17, 15) is 15.2 Å². The molecule has 0 aliphatic heterocycles. The van der Waals surface area contributed by atoms with Gasteiger partial charge in [-0.3, -0.25) is 9.48 Å². The lowest BCUT2D eigenvalue weighted by molar-refractivity contribution is -0.137. The van der Waals surface area contributed by atoms with Gasteiger partial charge in [0, 0.05) is 16.8 Å². The summed E-state index contributed by atoms with van der Waals surface area (Å²) in [7, 11) is 0. The van der Waals surface area contributed by atoms with E-state index in [2.05, 4.69) is 16.2 Å². The number of phenols is 1. The molecule has 0 aliphatic rings. The smallest absolute Gasteiger partial charge is 0.325 e. The lowest BCUT2D eigenvalue weighted by Crippen LogP contribution is -2.11. The van der Waals surface area contributed by atoms with E-state index < -0.39 is 5.97 Å². The van der Waals surface area contributed by atoms with Crippen molar-refractivity contribution in [2.45, 2.75) is 27.3 Å². The average Bonchev–Trinajstić information content (AvgIpc) is 2.89. The fourth-order valence-electron chi connectivity index (χ4n) is 3.21. The van der Waals surface area contributed by atoms with Crippen molar-refractivity contribution in [3.05, 3.63) is 46.8 Å². The standard InChI is InChI=1S/C20H19N5O3/c1-10-6-13(4-5-17(10)26)14-7-16(23-20(22)15(14)8-21)19-11(2)24-25(12(19)3)9-18(27)28/h4-7,26H,9H2,1-3H3,(H2,22,23)(H,27,28). The summed E-state index contributed by atoms with van der Waals surface area (Å²) in [5.41, 5.74) is 10.7. The van der Waals surface area contributed by atoms with Crippen molar-refractivity contribution in [2.24, 2.45) is 0 Å². The highest BCUT2D eigenvalue weighted by molar-refractivity contribution is 5.81. The van der Waals surface area contributed by atoms with Crippen LogP contribution in [-0.4, -0.2) is 30.9 Å². The second-order valence-electron chi connectivity index (χ2n) is 6.53. The first-order valence-corrected chi connectivity index (χ1v) is 8.49. The number of aromatic nitrogens is 3. The predicted octanol–water partition coefficient (Wildman–Crippen LogP) is 2.78. The van der Waals surface area contributed by atoms with E-state index in [-0.39, 0.29) is 23.7 Å². The summed E-state index contributed by atoms with van der Waals surface area (Å²) in [5, 5.41) is 32.7. The monoisotopic (exact) mass is 377 g/mol. The molecule has 0 saturated heterocycles. The third kappa shape index (κ3) is 3.25. The number of nitrogens with zero attached hydrogens (tertiary/aromatic N) is 4. The molecule has 142 valence electrons. The minimum absolute atomic E-state index is 0.0745. The van der Waals surface area contributed by atoms with Gasteiger partial charge < -0.3 is 15.9 Å². The molecule has 1 aromatic carbocycles. The Morgan fingerprint density at radius 2 is 2.00 bits per heavy atom. The average molecular weight is 377 g/mol. The topological polar surface area (TPSA) is 138 Å². The number of benzene rings is 1. The maximum atomic E-state index is 11.1. The van der Waals surface area contributed by atoms with Gasteiger partial charge in [-0.15, -0.1) is 0 Å². The van der Waals surface area contributed by atoms with Crippen LogP contribution in [0.15, 0.2) is 24.3 Å². The number of carboxylic acids is 1. The molecule has 0 saturated carbocycles. The van der Waals surface area contributed by atoms with Crippen LogP contribution < -0.4 is 5.73 Å². The number of aromatic hydroxyl groups is 1. The Morgan fingerprint density at radius 1 is 1.29 bits per heavy atom. The highest BCUT2D eigenvalue weighted by atomic mass is 16.4. The third-order valence-corrected chi connectivity index (χ3v) is 4.59. The van der Waals surface area contributed by atoms with Gasteiger partial charge in [0.1, 0.15) is 29.7 Å². The van der Waals surface area contributed by atoms with Crippen LogP contribution in [0.25, 0.3) is 22.4 Å².